The minimum atomic E-state index is -0.108. The van der Waals surface area contributed by atoms with Gasteiger partial charge in [-0.2, -0.15) is 5.06 Å². The highest BCUT2D eigenvalue weighted by Gasteiger charge is 2.28. The van der Waals surface area contributed by atoms with Crippen LogP contribution in [0.1, 0.15) is 74.2 Å². The second-order valence-electron chi connectivity index (χ2n) is 12.4. The lowest BCUT2D eigenvalue weighted by molar-refractivity contribution is -0.122. The maximum atomic E-state index is 13.5. The number of nitrogens with one attached hydrogen (secondary N) is 1. The minimum absolute atomic E-state index is 0.104. The molecular weight excluding hydrogens is 554 g/mol. The summed E-state index contributed by atoms with van der Waals surface area (Å²) in [4.78, 5) is 33.1. The zero-order valence-corrected chi connectivity index (χ0v) is 26.7. The number of Topliss-reactive ketones (excluding diaryl/α,β-unsaturated/α-hetero) is 1. The number of ketones is 1. The number of allylic oxidation sites excluding steroid dienone is 2. The summed E-state index contributed by atoms with van der Waals surface area (Å²) in [5.74, 6) is 1.67. The second-order valence-corrected chi connectivity index (χ2v) is 12.4. The molecule has 1 atom stereocenters. The standard InChI is InChI=1S/C36H47N3O5/c1-25(40)30-23-39(43-24-30)22-27-12-10-15-33(35(27)42-4)28-19-29(21-31(20-28)38(2)3)36(41)37-18-17-26-11-8-9-16-34(26)44-32-13-6-5-7-14-32/h9-10,12,15-16,19-21,30,32H,5-8,11,13-14,17-18,22-24H2,1-4H3,(H,37,41)/t30-/m0/s1. The van der Waals surface area contributed by atoms with Crippen LogP contribution in [0.3, 0.4) is 0 Å². The Morgan fingerprint density at radius 1 is 1.11 bits per heavy atom. The van der Waals surface area contributed by atoms with Crippen molar-refractivity contribution in [3.8, 4) is 16.9 Å². The van der Waals surface area contributed by atoms with Crippen LogP contribution < -0.4 is 15.0 Å². The molecule has 1 heterocycles. The summed E-state index contributed by atoms with van der Waals surface area (Å²) in [6.45, 7) is 3.63. The third-order valence-electron chi connectivity index (χ3n) is 8.90. The van der Waals surface area contributed by atoms with E-state index in [1.54, 1.807) is 14.0 Å². The Bertz CT molecular complexity index is 1390. The SMILES string of the molecule is COc1c(CN2C[C@H](C(C)=O)CO2)cccc1-c1cc(C(=O)NCCC2=C(OC3CCCCC3)C=CCC2)cc(N(C)C)c1. The number of nitrogens with zero attached hydrogens (tertiary/aromatic N) is 2. The average Bonchev–Trinajstić information content (AvgIpc) is 3.51. The second kappa shape index (κ2) is 14.9. The molecule has 2 aliphatic carbocycles. The molecule has 0 spiro atoms. The zero-order chi connectivity index (χ0) is 31.1. The molecule has 5 rings (SSSR count). The number of hydrogen-bond donors (Lipinski definition) is 1. The minimum Gasteiger partial charge on any atom is -0.496 e. The normalized spacial score (nSPS) is 19.2. The molecule has 1 saturated carbocycles. The molecule has 1 amide bonds. The van der Waals surface area contributed by atoms with E-state index in [0.29, 0.717) is 37.9 Å². The Morgan fingerprint density at radius 2 is 1.93 bits per heavy atom. The fourth-order valence-corrected chi connectivity index (χ4v) is 6.28. The molecule has 2 aromatic rings. The highest BCUT2D eigenvalue weighted by atomic mass is 16.7. The van der Waals surface area contributed by atoms with Gasteiger partial charge in [-0.05, 0) is 87.3 Å². The predicted molar refractivity (Wildman–Crippen MR) is 174 cm³/mol. The number of carbonyl (C=O) groups excluding carboxylic acids is 2. The molecule has 1 saturated heterocycles. The summed E-state index contributed by atoms with van der Waals surface area (Å²) in [5, 5.41) is 4.99. The lowest BCUT2D eigenvalue weighted by Gasteiger charge is -2.26. The number of para-hydroxylation sites is 1. The molecule has 1 aliphatic heterocycles. The fourth-order valence-electron chi connectivity index (χ4n) is 6.28. The van der Waals surface area contributed by atoms with E-state index in [1.807, 2.05) is 54.4 Å². The number of ether oxygens (including phenoxy) is 2. The number of hydroxylamine groups is 2. The first-order valence-corrected chi connectivity index (χ1v) is 16.0. The van der Waals surface area contributed by atoms with Crippen LogP contribution in [-0.4, -0.2) is 63.8 Å². The molecule has 2 aromatic carbocycles. The summed E-state index contributed by atoms with van der Waals surface area (Å²) in [7, 11) is 5.61. The lowest BCUT2D eigenvalue weighted by atomic mass is 9.96. The molecule has 236 valence electrons. The molecule has 44 heavy (non-hydrogen) atoms. The molecule has 0 unspecified atom stereocenters. The van der Waals surface area contributed by atoms with Gasteiger partial charge in [0.1, 0.15) is 17.3 Å². The van der Waals surface area contributed by atoms with Crippen molar-refractivity contribution in [1.82, 2.24) is 10.4 Å². The first-order valence-electron chi connectivity index (χ1n) is 16.0. The monoisotopic (exact) mass is 601 g/mol. The van der Waals surface area contributed by atoms with Crippen LogP contribution in [-0.2, 0) is 20.9 Å². The van der Waals surface area contributed by atoms with Crippen LogP contribution in [0, 0.1) is 5.92 Å². The van der Waals surface area contributed by atoms with Gasteiger partial charge in [-0.15, -0.1) is 0 Å². The number of rotatable bonds is 12. The van der Waals surface area contributed by atoms with E-state index in [0.717, 1.165) is 66.0 Å². The third kappa shape index (κ3) is 7.90. The Kier molecular flexibility index (Phi) is 10.8. The smallest absolute Gasteiger partial charge is 0.251 e. The van der Waals surface area contributed by atoms with Gasteiger partial charge >= 0.3 is 0 Å². The first-order chi connectivity index (χ1) is 21.3. The van der Waals surface area contributed by atoms with E-state index in [1.165, 1.54) is 24.8 Å². The van der Waals surface area contributed by atoms with Crippen LogP contribution in [0.2, 0.25) is 0 Å². The Labute approximate surface area is 262 Å². The number of amides is 1. The first kappa shape index (κ1) is 31.8. The van der Waals surface area contributed by atoms with Crippen LogP contribution in [0.25, 0.3) is 11.1 Å². The van der Waals surface area contributed by atoms with Gasteiger partial charge in [0.25, 0.3) is 5.91 Å². The molecule has 8 nitrogen and oxygen atoms in total. The molecule has 0 bridgehead atoms. The van der Waals surface area contributed by atoms with Crippen molar-refractivity contribution in [2.45, 2.75) is 70.9 Å². The largest absolute Gasteiger partial charge is 0.496 e. The quantitative estimate of drug-likeness (QED) is 0.299. The molecule has 1 N–H and O–H groups in total. The van der Waals surface area contributed by atoms with Gasteiger partial charge in [-0.1, -0.05) is 30.7 Å². The van der Waals surface area contributed by atoms with Crippen LogP contribution >= 0.6 is 0 Å². The van der Waals surface area contributed by atoms with Gasteiger partial charge in [0.2, 0.25) is 0 Å². The van der Waals surface area contributed by atoms with Gasteiger partial charge in [-0.25, -0.2) is 0 Å². The summed E-state index contributed by atoms with van der Waals surface area (Å²) in [6.07, 6.45) is 13.4. The molecule has 3 aliphatic rings. The number of anilines is 1. The molecule has 2 fully saturated rings. The van der Waals surface area contributed by atoms with E-state index < -0.39 is 0 Å². The van der Waals surface area contributed by atoms with E-state index >= 15 is 0 Å². The fraction of sp³-hybridized carbons (Fsp3) is 0.500. The van der Waals surface area contributed by atoms with Crippen LogP contribution in [0.5, 0.6) is 5.75 Å². The summed E-state index contributed by atoms with van der Waals surface area (Å²) < 4.78 is 12.3. The Hall–Kier alpha value is -3.62. The maximum absolute atomic E-state index is 13.5. The number of hydrogen-bond acceptors (Lipinski definition) is 7. The zero-order valence-electron chi connectivity index (χ0n) is 26.7. The molecule has 8 heteroatoms. The van der Waals surface area contributed by atoms with Crippen molar-refractivity contribution in [1.29, 1.82) is 0 Å². The molecular formula is C36H47N3O5. The topological polar surface area (TPSA) is 80.3 Å². The summed E-state index contributed by atoms with van der Waals surface area (Å²) in [6, 6.07) is 12.0. The van der Waals surface area contributed by atoms with E-state index in [-0.39, 0.29) is 17.6 Å². The van der Waals surface area contributed by atoms with Gasteiger partial charge in [0.05, 0.1) is 32.3 Å². The van der Waals surface area contributed by atoms with Crippen molar-refractivity contribution in [3.05, 3.63) is 71.0 Å². The van der Waals surface area contributed by atoms with Crippen molar-refractivity contribution in [2.75, 3.05) is 45.8 Å². The van der Waals surface area contributed by atoms with Crippen LogP contribution in [0.15, 0.2) is 59.9 Å². The molecule has 0 aromatic heterocycles. The lowest BCUT2D eigenvalue weighted by Crippen LogP contribution is -2.26. The van der Waals surface area contributed by atoms with Crippen molar-refractivity contribution in [2.24, 2.45) is 5.92 Å². The molecule has 0 radical (unpaired) electrons. The summed E-state index contributed by atoms with van der Waals surface area (Å²) >= 11 is 0. The number of methoxy groups -OCH3 is 1. The number of carbonyl (C=O) groups is 2. The van der Waals surface area contributed by atoms with E-state index in [2.05, 4.69) is 23.5 Å². The van der Waals surface area contributed by atoms with Crippen LogP contribution in [0.4, 0.5) is 5.69 Å². The Morgan fingerprint density at radius 3 is 2.66 bits per heavy atom. The predicted octanol–water partition coefficient (Wildman–Crippen LogP) is 6.45. The highest BCUT2D eigenvalue weighted by molar-refractivity contribution is 5.97. The van der Waals surface area contributed by atoms with Crippen molar-refractivity contribution >= 4 is 17.4 Å². The van der Waals surface area contributed by atoms with Gasteiger partial charge in [0, 0.05) is 49.6 Å². The summed E-state index contributed by atoms with van der Waals surface area (Å²) in [5.41, 5.74) is 5.56. The van der Waals surface area contributed by atoms with Gasteiger partial charge in [0.15, 0.2) is 0 Å². The van der Waals surface area contributed by atoms with Crippen molar-refractivity contribution < 1.29 is 23.9 Å². The average molecular weight is 602 g/mol. The van der Waals surface area contributed by atoms with Crippen molar-refractivity contribution in [3.63, 3.8) is 0 Å². The van der Waals surface area contributed by atoms with Gasteiger partial charge in [-0.3, -0.25) is 14.4 Å². The number of benzene rings is 2. The van der Waals surface area contributed by atoms with E-state index in [4.69, 9.17) is 14.3 Å². The highest BCUT2D eigenvalue weighted by Crippen LogP contribution is 2.37. The maximum Gasteiger partial charge on any atom is 0.251 e. The van der Waals surface area contributed by atoms with Gasteiger partial charge < -0.3 is 19.7 Å². The van der Waals surface area contributed by atoms with E-state index in [9.17, 15) is 9.59 Å². The Balaban J connectivity index is 1.31. The third-order valence-corrected chi connectivity index (χ3v) is 8.90.